The molecule has 0 saturated heterocycles. The Morgan fingerprint density at radius 1 is 1.30 bits per heavy atom. The molecule has 3 rings (SSSR count). The molecule has 1 aromatic carbocycles. The molecule has 0 bridgehead atoms. The van der Waals surface area contributed by atoms with Crippen LogP contribution in [0.15, 0.2) is 52.7 Å². The van der Waals surface area contributed by atoms with Crippen molar-refractivity contribution >= 4 is 32.9 Å². The number of halogens is 1. The lowest BCUT2D eigenvalue weighted by atomic mass is 10.1. The summed E-state index contributed by atoms with van der Waals surface area (Å²) in [4.78, 5) is 16.5. The Hall–Kier alpha value is -2.87. The van der Waals surface area contributed by atoms with Gasteiger partial charge in [0.05, 0.1) is 6.54 Å². The highest BCUT2D eigenvalue weighted by atomic mass is 79.9. The predicted molar refractivity (Wildman–Crippen MR) is 108 cm³/mol. The number of nitrogens with zero attached hydrogens (tertiary/aromatic N) is 4. The summed E-state index contributed by atoms with van der Waals surface area (Å²) in [5.74, 6) is 0.936. The van der Waals surface area contributed by atoms with Gasteiger partial charge in [0.25, 0.3) is 0 Å². The van der Waals surface area contributed by atoms with Gasteiger partial charge in [-0.05, 0) is 28.9 Å². The molecule has 3 aromatic rings. The Morgan fingerprint density at radius 2 is 2.00 bits per heavy atom. The fourth-order valence-electron chi connectivity index (χ4n) is 2.86. The van der Waals surface area contributed by atoms with Crippen molar-refractivity contribution in [2.24, 2.45) is 14.1 Å². The fourth-order valence-corrected chi connectivity index (χ4v) is 3.33. The Bertz CT molecular complexity index is 1200. The lowest BCUT2D eigenvalue weighted by Crippen LogP contribution is -2.37. The van der Waals surface area contributed by atoms with Crippen LogP contribution >= 0.6 is 15.9 Å². The van der Waals surface area contributed by atoms with Crippen molar-refractivity contribution in [3.8, 4) is 0 Å². The first kappa shape index (κ1) is 18.9. The second kappa shape index (κ2) is 7.03. The van der Waals surface area contributed by atoms with Gasteiger partial charge in [0, 0.05) is 19.7 Å². The van der Waals surface area contributed by atoms with Crippen molar-refractivity contribution in [2.75, 3.05) is 0 Å². The summed E-state index contributed by atoms with van der Waals surface area (Å²) in [6.45, 7) is 10.2. The second-order valence-corrected chi connectivity index (χ2v) is 7.03. The zero-order chi connectivity index (χ0) is 19.9. The van der Waals surface area contributed by atoms with E-state index in [4.69, 9.17) is 10.1 Å². The van der Waals surface area contributed by atoms with Crippen LogP contribution in [0.4, 0.5) is 0 Å². The Morgan fingerprint density at radius 3 is 2.67 bits per heavy atom. The summed E-state index contributed by atoms with van der Waals surface area (Å²) in [6, 6.07) is 7.84. The number of aryl methyl sites for hydroxylation is 2. The summed E-state index contributed by atoms with van der Waals surface area (Å²) in [7, 11) is 3.18. The third kappa shape index (κ3) is 3.40. The van der Waals surface area contributed by atoms with Crippen molar-refractivity contribution in [1.82, 2.24) is 18.7 Å². The number of aromatic nitrogens is 4. The first-order chi connectivity index (χ1) is 12.7. The summed E-state index contributed by atoms with van der Waals surface area (Å²) in [5, 5.41) is 8.30. The van der Waals surface area contributed by atoms with Gasteiger partial charge in [0.1, 0.15) is 17.0 Å². The zero-order valence-corrected chi connectivity index (χ0v) is 17.0. The highest BCUT2D eigenvalue weighted by Crippen LogP contribution is 2.22. The quantitative estimate of drug-likeness (QED) is 0.500. The van der Waals surface area contributed by atoms with E-state index in [9.17, 15) is 4.79 Å². The van der Waals surface area contributed by atoms with Gasteiger partial charge in [0.15, 0.2) is 15.9 Å². The van der Waals surface area contributed by atoms with Gasteiger partial charge in [0.2, 0.25) is 0 Å². The van der Waals surface area contributed by atoms with Crippen molar-refractivity contribution in [2.45, 2.75) is 13.5 Å². The van der Waals surface area contributed by atoms with Crippen LogP contribution in [0, 0.1) is 12.3 Å². The van der Waals surface area contributed by atoms with Crippen LogP contribution in [-0.4, -0.2) is 18.7 Å². The smallest absolute Gasteiger partial charge is 0.330 e. The third-order valence-corrected chi connectivity index (χ3v) is 4.90. The zero-order valence-electron chi connectivity index (χ0n) is 15.4. The summed E-state index contributed by atoms with van der Waals surface area (Å²) >= 11 is 3.40. The topological polar surface area (TPSA) is 77.8 Å². The van der Waals surface area contributed by atoms with Gasteiger partial charge in [-0.1, -0.05) is 36.9 Å². The van der Waals surface area contributed by atoms with Gasteiger partial charge < -0.3 is 9.30 Å². The predicted octanol–water partition coefficient (Wildman–Crippen LogP) is 2.83. The van der Waals surface area contributed by atoms with Crippen molar-refractivity contribution in [1.29, 1.82) is 5.41 Å². The molecule has 0 aliphatic rings. The van der Waals surface area contributed by atoms with Crippen LogP contribution in [0.3, 0.4) is 0 Å². The molecule has 0 atom stereocenters. The fraction of sp³-hybridized carbons (Fsp3) is 0.211. The van der Waals surface area contributed by atoms with E-state index in [1.807, 2.05) is 31.2 Å². The van der Waals surface area contributed by atoms with E-state index in [0.29, 0.717) is 27.4 Å². The van der Waals surface area contributed by atoms with E-state index in [-0.39, 0.29) is 17.7 Å². The van der Waals surface area contributed by atoms with Crippen LogP contribution in [0.5, 0.6) is 0 Å². The molecule has 0 unspecified atom stereocenters. The van der Waals surface area contributed by atoms with Crippen LogP contribution in [0.1, 0.15) is 11.1 Å². The number of ether oxygens (including phenoxy) is 1. The Balaban J connectivity index is 1.94. The van der Waals surface area contributed by atoms with E-state index in [1.165, 1.54) is 9.13 Å². The van der Waals surface area contributed by atoms with E-state index in [1.54, 1.807) is 18.7 Å². The van der Waals surface area contributed by atoms with Gasteiger partial charge in [-0.3, -0.25) is 14.5 Å². The molecular weight excluding hydrogens is 410 g/mol. The van der Waals surface area contributed by atoms with Crippen LogP contribution in [0.25, 0.3) is 16.9 Å². The molecule has 7 nitrogen and oxygen atoms in total. The van der Waals surface area contributed by atoms with E-state index < -0.39 is 0 Å². The van der Waals surface area contributed by atoms with Gasteiger partial charge in [-0.2, -0.15) is 0 Å². The lowest BCUT2D eigenvalue weighted by molar-refractivity contribution is 0.356. The number of fused-ring (bicyclic) bond motifs is 1. The lowest BCUT2D eigenvalue weighted by Gasteiger charge is -2.14. The molecule has 0 saturated carbocycles. The Kier molecular flexibility index (Phi) is 4.93. The summed E-state index contributed by atoms with van der Waals surface area (Å²) in [6.07, 6.45) is 0. The minimum absolute atomic E-state index is 0.0663. The molecule has 0 amide bonds. The molecule has 0 aliphatic heterocycles. The molecule has 0 radical (unpaired) electrons. The maximum atomic E-state index is 12.2. The first-order valence-electron chi connectivity index (χ1n) is 8.18. The number of hydrogen-bond acceptors (Lipinski definition) is 4. The maximum Gasteiger partial charge on any atom is 0.330 e. The molecule has 8 heteroatoms. The van der Waals surface area contributed by atoms with Gasteiger partial charge in [-0.25, -0.2) is 9.78 Å². The number of benzene rings is 1. The molecule has 0 aliphatic carbocycles. The normalized spacial score (nSPS) is 11.0. The number of imidazole rings is 1. The van der Waals surface area contributed by atoms with E-state index >= 15 is 0 Å². The SMILES string of the molecule is C=C(Cn1c(Br)nc2c1c(=N)n(C)c(=O)n2C)OC(=C)c1cccc(C)c1. The standard InChI is InChI=1S/C19H20BrN5O2/c1-11-7-6-8-14(9-11)13(3)27-12(2)10-25-15-16(21)23(4)19(26)24(5)17(15)22-18(25)20/h6-9,21H,2-3,10H2,1,4-5H3. The average Bonchev–Trinajstić information content (AvgIpc) is 2.94. The molecule has 0 spiro atoms. The van der Waals surface area contributed by atoms with E-state index in [2.05, 4.69) is 34.1 Å². The minimum atomic E-state index is -0.312. The van der Waals surface area contributed by atoms with Crippen molar-refractivity contribution in [3.05, 3.63) is 75.0 Å². The number of nitrogens with one attached hydrogen (secondary N) is 1. The molecule has 2 heterocycles. The van der Waals surface area contributed by atoms with E-state index in [0.717, 1.165) is 11.1 Å². The van der Waals surface area contributed by atoms with Gasteiger partial charge in [-0.15, -0.1) is 0 Å². The average molecular weight is 430 g/mol. The van der Waals surface area contributed by atoms with Gasteiger partial charge >= 0.3 is 5.69 Å². The van der Waals surface area contributed by atoms with Crippen molar-refractivity contribution < 1.29 is 4.74 Å². The molecule has 27 heavy (non-hydrogen) atoms. The first-order valence-corrected chi connectivity index (χ1v) is 8.98. The maximum absolute atomic E-state index is 12.2. The second-order valence-electron chi connectivity index (χ2n) is 6.32. The molecule has 0 fully saturated rings. The third-order valence-electron chi connectivity index (χ3n) is 4.30. The van der Waals surface area contributed by atoms with Crippen LogP contribution in [-0.2, 0) is 25.4 Å². The Labute approximate surface area is 164 Å². The summed E-state index contributed by atoms with van der Waals surface area (Å²) in [5.41, 5.74) is 2.67. The monoisotopic (exact) mass is 429 g/mol. The molecule has 140 valence electrons. The molecule has 1 N–H and O–H groups in total. The number of rotatable bonds is 5. The molecule has 2 aromatic heterocycles. The van der Waals surface area contributed by atoms with Crippen LogP contribution < -0.4 is 11.2 Å². The number of allylic oxidation sites excluding steroid dienone is 1. The molecular formula is C19H20BrN5O2. The van der Waals surface area contributed by atoms with Crippen molar-refractivity contribution in [3.63, 3.8) is 0 Å². The minimum Gasteiger partial charge on any atom is -0.460 e. The van der Waals surface area contributed by atoms with Crippen LogP contribution in [0.2, 0.25) is 0 Å². The highest BCUT2D eigenvalue weighted by Gasteiger charge is 2.17. The highest BCUT2D eigenvalue weighted by molar-refractivity contribution is 9.10. The number of hydrogen-bond donors (Lipinski definition) is 1. The summed E-state index contributed by atoms with van der Waals surface area (Å²) < 4.78 is 10.7. The largest absolute Gasteiger partial charge is 0.460 e.